The molecule has 0 bridgehead atoms. The van der Waals surface area contributed by atoms with E-state index in [0.717, 1.165) is 12.8 Å². The van der Waals surface area contributed by atoms with Gasteiger partial charge in [0.15, 0.2) is 0 Å². The molecule has 2 rings (SSSR count). The van der Waals surface area contributed by atoms with E-state index in [1.165, 1.54) is 0 Å². The first-order valence-corrected chi connectivity index (χ1v) is 6.00. The summed E-state index contributed by atoms with van der Waals surface area (Å²) in [6.45, 7) is 0. The Hall–Kier alpha value is -1.88. The van der Waals surface area contributed by atoms with Gasteiger partial charge in [-0.05, 0) is 17.6 Å². The minimum Gasteiger partial charge on any atom is -0.335 e. The molecule has 17 heavy (non-hydrogen) atoms. The molecule has 1 aromatic rings. The SMILES string of the molecule is Nc1nc(NC2CC2)nc(N)[n+]1OS(=O)(=O)O. The van der Waals surface area contributed by atoms with E-state index in [-0.39, 0.29) is 23.9 Å². The monoisotopic (exact) mass is 263 g/mol. The van der Waals surface area contributed by atoms with Crippen LogP contribution in [0.1, 0.15) is 12.8 Å². The van der Waals surface area contributed by atoms with E-state index in [0.29, 0.717) is 4.73 Å². The zero-order valence-electron chi connectivity index (χ0n) is 8.57. The van der Waals surface area contributed by atoms with Crippen LogP contribution in [0, 0.1) is 0 Å². The maximum atomic E-state index is 10.5. The largest absolute Gasteiger partial charge is 0.472 e. The molecule has 0 aliphatic heterocycles. The number of anilines is 3. The maximum absolute atomic E-state index is 10.5. The van der Waals surface area contributed by atoms with Crippen LogP contribution >= 0.6 is 0 Å². The fourth-order valence-corrected chi connectivity index (χ4v) is 1.44. The molecule has 1 aliphatic rings. The van der Waals surface area contributed by atoms with Crippen molar-refractivity contribution in [2.45, 2.75) is 18.9 Å². The van der Waals surface area contributed by atoms with E-state index in [1.54, 1.807) is 0 Å². The van der Waals surface area contributed by atoms with Crippen LogP contribution in [-0.4, -0.2) is 29.0 Å². The Morgan fingerprint density at radius 2 is 1.88 bits per heavy atom. The van der Waals surface area contributed by atoms with Gasteiger partial charge in [-0.15, -0.1) is 0 Å². The Balaban J connectivity index is 2.27. The van der Waals surface area contributed by atoms with Gasteiger partial charge < -0.3 is 16.8 Å². The Bertz CT molecular complexity index is 518. The van der Waals surface area contributed by atoms with Crippen LogP contribution < -0.4 is 25.8 Å². The fourth-order valence-electron chi connectivity index (χ4n) is 1.10. The quantitative estimate of drug-likeness (QED) is 0.347. The van der Waals surface area contributed by atoms with Gasteiger partial charge in [0, 0.05) is 6.04 Å². The molecule has 94 valence electrons. The van der Waals surface area contributed by atoms with Gasteiger partial charge in [0.1, 0.15) is 0 Å². The van der Waals surface area contributed by atoms with Crippen molar-refractivity contribution in [1.82, 2.24) is 9.97 Å². The summed E-state index contributed by atoms with van der Waals surface area (Å²) < 4.78 is 34.0. The Morgan fingerprint density at radius 3 is 2.29 bits per heavy atom. The Morgan fingerprint density at radius 1 is 1.35 bits per heavy atom. The third kappa shape index (κ3) is 3.04. The van der Waals surface area contributed by atoms with Gasteiger partial charge >= 0.3 is 28.2 Å². The van der Waals surface area contributed by atoms with Gasteiger partial charge in [0.2, 0.25) is 0 Å². The third-order valence-electron chi connectivity index (χ3n) is 1.94. The molecule has 0 atom stereocenters. The zero-order valence-corrected chi connectivity index (χ0v) is 9.38. The van der Waals surface area contributed by atoms with Crippen LogP contribution in [0.5, 0.6) is 0 Å². The highest BCUT2D eigenvalue weighted by Crippen LogP contribution is 2.22. The number of hydrogen-bond donors (Lipinski definition) is 4. The van der Waals surface area contributed by atoms with Crippen molar-refractivity contribution < 1.29 is 22.0 Å². The second-order valence-electron chi connectivity index (χ2n) is 3.48. The Kier molecular flexibility index (Phi) is 2.63. The summed E-state index contributed by atoms with van der Waals surface area (Å²) in [6.07, 6.45) is 2.00. The molecule has 6 N–H and O–H groups in total. The fraction of sp³-hybridized carbons (Fsp3) is 0.500. The summed E-state index contributed by atoms with van der Waals surface area (Å²) in [5, 5.41) is 2.92. The van der Waals surface area contributed by atoms with Gasteiger partial charge in [-0.25, -0.2) is 4.28 Å². The molecule has 1 heterocycles. The Labute approximate surface area is 96.5 Å². The zero-order chi connectivity index (χ0) is 12.6. The average Bonchev–Trinajstić information content (AvgIpc) is 2.94. The predicted molar refractivity (Wildman–Crippen MR) is 55.8 cm³/mol. The second-order valence-corrected chi connectivity index (χ2v) is 4.48. The van der Waals surface area contributed by atoms with E-state index < -0.39 is 10.4 Å². The first kappa shape index (κ1) is 11.6. The van der Waals surface area contributed by atoms with Crippen LogP contribution in [0.15, 0.2) is 0 Å². The molecule has 1 aliphatic carbocycles. The second kappa shape index (κ2) is 3.85. The van der Waals surface area contributed by atoms with E-state index in [9.17, 15) is 8.42 Å². The highest BCUT2D eigenvalue weighted by atomic mass is 32.3. The molecule has 11 heteroatoms. The summed E-state index contributed by atoms with van der Waals surface area (Å²) in [5.74, 6) is -0.519. The van der Waals surface area contributed by atoms with Gasteiger partial charge in [-0.2, -0.15) is 8.42 Å². The summed E-state index contributed by atoms with van der Waals surface area (Å²) in [4.78, 5) is 7.47. The van der Waals surface area contributed by atoms with Crippen LogP contribution in [0.2, 0.25) is 0 Å². The average molecular weight is 263 g/mol. The van der Waals surface area contributed by atoms with Gasteiger partial charge in [0.25, 0.3) is 0 Å². The lowest BCUT2D eigenvalue weighted by Gasteiger charge is -2.05. The number of rotatable bonds is 4. The standard InChI is InChI=1S/C6H10N6O4S/c7-4-10-6(9-3-1-2-3)11-5(8)12(4)16-17(13,14)15/h3H,1-2H2,(H5,7,8,9,10,11,13,14,15)/p+1. The van der Waals surface area contributed by atoms with Gasteiger partial charge in [-0.1, -0.05) is 9.97 Å². The number of nitrogens with one attached hydrogen (secondary N) is 1. The van der Waals surface area contributed by atoms with Crippen LogP contribution in [-0.2, 0) is 10.4 Å². The number of hydrogen-bond acceptors (Lipinski definition) is 8. The van der Waals surface area contributed by atoms with Crippen molar-refractivity contribution in [2.75, 3.05) is 16.8 Å². The summed E-state index contributed by atoms with van der Waals surface area (Å²) in [7, 11) is -4.74. The lowest BCUT2D eigenvalue weighted by atomic mass is 10.7. The van der Waals surface area contributed by atoms with Crippen molar-refractivity contribution in [1.29, 1.82) is 0 Å². The molecule has 0 saturated heterocycles. The lowest BCUT2D eigenvalue weighted by Crippen LogP contribution is -2.51. The number of aromatic nitrogens is 3. The molecule has 0 spiro atoms. The first-order chi connectivity index (χ1) is 7.85. The highest BCUT2D eigenvalue weighted by molar-refractivity contribution is 7.80. The molecule has 0 unspecified atom stereocenters. The topological polar surface area (TPSA) is 157 Å². The van der Waals surface area contributed by atoms with E-state index in [2.05, 4.69) is 19.6 Å². The van der Waals surface area contributed by atoms with E-state index in [1.807, 2.05) is 0 Å². The molecule has 1 fully saturated rings. The normalized spacial score (nSPS) is 15.6. The predicted octanol–water partition coefficient (Wildman–Crippen LogP) is -2.27. The van der Waals surface area contributed by atoms with Crippen LogP contribution in [0.3, 0.4) is 0 Å². The molecule has 0 aromatic carbocycles. The number of nitrogen functional groups attached to an aromatic ring is 2. The summed E-state index contributed by atoms with van der Waals surface area (Å²) in [5.41, 5.74) is 10.8. The summed E-state index contributed by atoms with van der Waals surface area (Å²) >= 11 is 0. The molecule has 0 amide bonds. The summed E-state index contributed by atoms with van der Waals surface area (Å²) in [6, 6.07) is 0.284. The van der Waals surface area contributed by atoms with Gasteiger partial charge in [-0.3, -0.25) is 4.55 Å². The van der Waals surface area contributed by atoms with Crippen LogP contribution in [0.4, 0.5) is 17.8 Å². The van der Waals surface area contributed by atoms with Crippen molar-refractivity contribution >= 4 is 28.2 Å². The maximum Gasteiger partial charge on any atom is 0.472 e. The van der Waals surface area contributed by atoms with Gasteiger partial charge in [0.05, 0.1) is 0 Å². The minimum absolute atomic E-state index is 0.178. The first-order valence-electron chi connectivity index (χ1n) is 4.64. The molecular weight excluding hydrogens is 252 g/mol. The molecular formula is C6H11N6O4S+. The van der Waals surface area contributed by atoms with Crippen molar-refractivity contribution in [3.63, 3.8) is 0 Å². The molecule has 1 saturated carbocycles. The third-order valence-corrected chi connectivity index (χ3v) is 2.27. The molecule has 0 radical (unpaired) electrons. The number of nitrogens with zero attached hydrogens (tertiary/aromatic N) is 3. The van der Waals surface area contributed by atoms with Crippen molar-refractivity contribution in [3.8, 4) is 0 Å². The molecule has 10 nitrogen and oxygen atoms in total. The van der Waals surface area contributed by atoms with Crippen molar-refractivity contribution in [2.24, 2.45) is 0 Å². The van der Waals surface area contributed by atoms with E-state index in [4.69, 9.17) is 16.0 Å². The lowest BCUT2D eigenvalue weighted by molar-refractivity contribution is -0.836. The smallest absolute Gasteiger partial charge is 0.335 e. The number of nitrogens with two attached hydrogens (primary N) is 2. The van der Waals surface area contributed by atoms with Crippen molar-refractivity contribution in [3.05, 3.63) is 0 Å². The molecule has 1 aromatic heterocycles. The van der Waals surface area contributed by atoms with Crippen LogP contribution in [0.25, 0.3) is 0 Å². The van der Waals surface area contributed by atoms with E-state index >= 15 is 0 Å². The minimum atomic E-state index is -4.74. The highest BCUT2D eigenvalue weighted by Gasteiger charge is 2.26.